The maximum atomic E-state index is 6.02. The molecule has 4 heteroatoms. The molecular formula is C17H26BrN3. The van der Waals surface area contributed by atoms with E-state index in [0.717, 1.165) is 18.9 Å². The first-order chi connectivity index (χ1) is 10.1. The highest BCUT2D eigenvalue weighted by atomic mass is 79.9. The van der Waals surface area contributed by atoms with Crippen molar-refractivity contribution in [3.63, 3.8) is 0 Å². The van der Waals surface area contributed by atoms with E-state index in [1.807, 2.05) is 0 Å². The Bertz CT molecular complexity index is 471. The van der Waals surface area contributed by atoms with Gasteiger partial charge in [-0.15, -0.1) is 0 Å². The summed E-state index contributed by atoms with van der Waals surface area (Å²) in [6, 6.07) is 10.4. The van der Waals surface area contributed by atoms with Crippen LogP contribution in [0.25, 0.3) is 0 Å². The van der Waals surface area contributed by atoms with Gasteiger partial charge in [0, 0.05) is 35.7 Å². The highest BCUT2D eigenvalue weighted by molar-refractivity contribution is 9.10. The third-order valence-electron chi connectivity index (χ3n) is 5.16. The van der Waals surface area contributed by atoms with Gasteiger partial charge >= 0.3 is 0 Å². The van der Waals surface area contributed by atoms with Crippen molar-refractivity contribution >= 4 is 15.9 Å². The minimum atomic E-state index is 0.430. The topological polar surface area (TPSA) is 32.5 Å². The number of rotatable bonds is 3. The second kappa shape index (κ2) is 6.78. The molecule has 2 heterocycles. The molecule has 2 fully saturated rings. The van der Waals surface area contributed by atoms with E-state index in [2.05, 4.69) is 56.9 Å². The second-order valence-corrected chi connectivity index (χ2v) is 7.46. The fourth-order valence-electron chi connectivity index (χ4n) is 3.68. The van der Waals surface area contributed by atoms with Gasteiger partial charge < -0.3 is 5.73 Å². The molecule has 0 bridgehead atoms. The van der Waals surface area contributed by atoms with Gasteiger partial charge in [-0.25, -0.2) is 0 Å². The predicted octanol–water partition coefficient (Wildman–Crippen LogP) is 3.01. The molecule has 2 saturated heterocycles. The summed E-state index contributed by atoms with van der Waals surface area (Å²) in [5.74, 6) is 0. The van der Waals surface area contributed by atoms with E-state index in [-0.39, 0.29) is 0 Å². The molecule has 116 valence electrons. The third kappa shape index (κ3) is 3.67. The summed E-state index contributed by atoms with van der Waals surface area (Å²) in [6.45, 7) is 7.11. The molecule has 0 radical (unpaired) electrons. The van der Waals surface area contributed by atoms with Crippen LogP contribution >= 0.6 is 15.9 Å². The van der Waals surface area contributed by atoms with Crippen molar-refractivity contribution in [1.29, 1.82) is 0 Å². The van der Waals surface area contributed by atoms with Crippen LogP contribution in [0.5, 0.6) is 0 Å². The fourth-order valence-corrected chi connectivity index (χ4v) is 4.10. The Morgan fingerprint density at radius 3 is 2.67 bits per heavy atom. The van der Waals surface area contributed by atoms with Crippen LogP contribution in [-0.4, -0.2) is 48.1 Å². The lowest BCUT2D eigenvalue weighted by atomic mass is 10.0. The average molecular weight is 352 g/mol. The molecule has 0 spiro atoms. The van der Waals surface area contributed by atoms with Crippen LogP contribution in [0.4, 0.5) is 0 Å². The molecule has 0 aromatic heterocycles. The van der Waals surface area contributed by atoms with Crippen LogP contribution in [0.2, 0.25) is 0 Å². The highest BCUT2D eigenvalue weighted by Crippen LogP contribution is 2.29. The van der Waals surface area contributed by atoms with Gasteiger partial charge in [-0.3, -0.25) is 9.80 Å². The Kier molecular flexibility index (Phi) is 4.99. The maximum absolute atomic E-state index is 6.02. The Balaban J connectivity index is 1.59. The van der Waals surface area contributed by atoms with Gasteiger partial charge in [-0.2, -0.15) is 0 Å². The molecule has 2 aliphatic heterocycles. The molecule has 2 N–H and O–H groups in total. The summed E-state index contributed by atoms with van der Waals surface area (Å²) < 4.78 is 1.17. The molecular weight excluding hydrogens is 326 g/mol. The van der Waals surface area contributed by atoms with Gasteiger partial charge in [0.2, 0.25) is 0 Å². The summed E-state index contributed by atoms with van der Waals surface area (Å²) in [5, 5.41) is 0. The zero-order valence-corrected chi connectivity index (χ0v) is 14.4. The molecule has 1 aromatic carbocycles. The van der Waals surface area contributed by atoms with Crippen LogP contribution in [-0.2, 0) is 0 Å². The number of halogens is 1. The van der Waals surface area contributed by atoms with Gasteiger partial charge in [0.05, 0.1) is 0 Å². The van der Waals surface area contributed by atoms with E-state index in [4.69, 9.17) is 5.73 Å². The Morgan fingerprint density at radius 2 is 1.95 bits per heavy atom. The van der Waals surface area contributed by atoms with Crippen LogP contribution < -0.4 is 5.73 Å². The lowest BCUT2D eigenvalue weighted by Crippen LogP contribution is -2.46. The van der Waals surface area contributed by atoms with Crippen LogP contribution in [0.1, 0.15) is 37.8 Å². The molecule has 2 atom stereocenters. The average Bonchev–Trinajstić information content (AvgIpc) is 2.97. The second-order valence-electron chi connectivity index (χ2n) is 6.54. The van der Waals surface area contributed by atoms with Crippen LogP contribution in [0.15, 0.2) is 28.7 Å². The van der Waals surface area contributed by atoms with Crippen molar-refractivity contribution < 1.29 is 0 Å². The zero-order valence-electron chi connectivity index (χ0n) is 12.8. The minimum absolute atomic E-state index is 0.430. The Morgan fingerprint density at radius 1 is 1.19 bits per heavy atom. The molecule has 1 aromatic rings. The summed E-state index contributed by atoms with van der Waals surface area (Å²) >= 11 is 3.58. The fraction of sp³-hybridized carbons (Fsp3) is 0.647. The number of hydrogen-bond acceptors (Lipinski definition) is 3. The normalized spacial score (nSPS) is 27.1. The van der Waals surface area contributed by atoms with Gasteiger partial charge in [-0.1, -0.05) is 28.1 Å². The quantitative estimate of drug-likeness (QED) is 0.908. The minimum Gasteiger partial charge on any atom is -0.328 e. The predicted molar refractivity (Wildman–Crippen MR) is 91.3 cm³/mol. The Hall–Kier alpha value is -0.420. The Labute approximate surface area is 136 Å². The van der Waals surface area contributed by atoms with E-state index in [9.17, 15) is 0 Å². The number of piperidine rings is 1. The van der Waals surface area contributed by atoms with E-state index in [0.29, 0.717) is 12.1 Å². The summed E-state index contributed by atoms with van der Waals surface area (Å²) in [6.07, 6.45) is 3.63. The zero-order chi connectivity index (χ0) is 14.8. The standard InChI is InChI=1S/C17H26BrN3/c1-13(14-3-2-4-15(18)11-14)21-10-7-17(12-21)20-8-5-16(19)6-9-20/h2-4,11,13,16-17H,5-10,12,19H2,1H3. The van der Waals surface area contributed by atoms with Gasteiger partial charge in [-0.05, 0) is 57.0 Å². The van der Waals surface area contributed by atoms with E-state index >= 15 is 0 Å². The number of nitrogens with two attached hydrogens (primary N) is 1. The third-order valence-corrected chi connectivity index (χ3v) is 5.66. The molecule has 21 heavy (non-hydrogen) atoms. The van der Waals surface area contributed by atoms with E-state index in [1.165, 1.54) is 42.6 Å². The van der Waals surface area contributed by atoms with Crippen LogP contribution in [0, 0.1) is 0 Å². The van der Waals surface area contributed by atoms with Crippen molar-refractivity contribution in [2.75, 3.05) is 26.2 Å². The number of hydrogen-bond donors (Lipinski definition) is 1. The smallest absolute Gasteiger partial charge is 0.0320 e. The molecule has 3 nitrogen and oxygen atoms in total. The van der Waals surface area contributed by atoms with Crippen molar-refractivity contribution in [3.8, 4) is 0 Å². The maximum Gasteiger partial charge on any atom is 0.0320 e. The highest BCUT2D eigenvalue weighted by Gasteiger charge is 2.32. The first-order valence-electron chi connectivity index (χ1n) is 8.12. The molecule has 0 saturated carbocycles. The molecule has 2 aliphatic rings. The molecule has 3 rings (SSSR count). The summed E-state index contributed by atoms with van der Waals surface area (Å²) in [5.41, 5.74) is 7.43. The number of likely N-dealkylation sites (tertiary alicyclic amines) is 2. The van der Waals surface area contributed by atoms with Crippen molar-refractivity contribution in [2.24, 2.45) is 5.73 Å². The molecule has 0 amide bonds. The molecule has 2 unspecified atom stereocenters. The van der Waals surface area contributed by atoms with Gasteiger partial charge in [0.25, 0.3) is 0 Å². The summed E-state index contributed by atoms with van der Waals surface area (Å²) in [4.78, 5) is 5.29. The monoisotopic (exact) mass is 351 g/mol. The van der Waals surface area contributed by atoms with Crippen molar-refractivity contribution in [2.45, 2.75) is 44.3 Å². The van der Waals surface area contributed by atoms with Crippen molar-refractivity contribution in [1.82, 2.24) is 9.80 Å². The lowest BCUT2D eigenvalue weighted by Gasteiger charge is -2.35. The van der Waals surface area contributed by atoms with Gasteiger partial charge in [0.15, 0.2) is 0 Å². The first kappa shape index (κ1) is 15.5. The van der Waals surface area contributed by atoms with Crippen LogP contribution in [0.3, 0.4) is 0 Å². The van der Waals surface area contributed by atoms with Gasteiger partial charge in [0.1, 0.15) is 0 Å². The SMILES string of the molecule is CC(c1cccc(Br)c1)N1CCC(N2CCC(N)CC2)C1. The van der Waals surface area contributed by atoms with E-state index in [1.54, 1.807) is 0 Å². The first-order valence-corrected chi connectivity index (χ1v) is 8.92. The largest absolute Gasteiger partial charge is 0.328 e. The van der Waals surface area contributed by atoms with Crippen molar-refractivity contribution in [3.05, 3.63) is 34.3 Å². The lowest BCUT2D eigenvalue weighted by molar-refractivity contribution is 0.146. The van der Waals surface area contributed by atoms with E-state index < -0.39 is 0 Å². The number of benzene rings is 1. The molecule has 0 aliphatic carbocycles. The number of nitrogens with zero attached hydrogens (tertiary/aromatic N) is 2. The summed E-state index contributed by atoms with van der Waals surface area (Å²) in [7, 11) is 0.